The SMILES string of the molecule is CC(CNCc1cncc2ccccc12)NC(=O)OC(C)(C)C. The van der Waals surface area contributed by atoms with Gasteiger partial charge in [-0.1, -0.05) is 24.3 Å². The van der Waals surface area contributed by atoms with E-state index in [0.717, 1.165) is 10.9 Å². The summed E-state index contributed by atoms with van der Waals surface area (Å²) in [5.41, 5.74) is 0.666. The Hall–Kier alpha value is -2.14. The number of aromatic nitrogens is 1. The van der Waals surface area contributed by atoms with Crippen LogP contribution < -0.4 is 10.6 Å². The number of hydrogen-bond acceptors (Lipinski definition) is 4. The molecule has 2 N–H and O–H groups in total. The van der Waals surface area contributed by atoms with E-state index in [0.29, 0.717) is 13.1 Å². The predicted octanol–water partition coefficient (Wildman–Crippen LogP) is 3.24. The van der Waals surface area contributed by atoms with E-state index in [-0.39, 0.29) is 6.04 Å². The fourth-order valence-corrected chi connectivity index (χ4v) is 2.30. The minimum atomic E-state index is -0.480. The lowest BCUT2D eigenvalue weighted by Crippen LogP contribution is -2.42. The van der Waals surface area contributed by atoms with E-state index in [2.05, 4.69) is 27.8 Å². The first kappa shape index (κ1) is 17.2. The van der Waals surface area contributed by atoms with Gasteiger partial charge in [0.1, 0.15) is 5.60 Å². The Bertz CT molecular complexity index is 659. The molecule has 5 nitrogen and oxygen atoms in total. The molecule has 0 spiro atoms. The summed E-state index contributed by atoms with van der Waals surface area (Å²) in [5, 5.41) is 8.50. The van der Waals surface area contributed by atoms with Crippen LogP contribution in [0.25, 0.3) is 10.8 Å². The Morgan fingerprint density at radius 3 is 2.74 bits per heavy atom. The maximum Gasteiger partial charge on any atom is 0.407 e. The normalized spacial score (nSPS) is 12.9. The van der Waals surface area contributed by atoms with Gasteiger partial charge in [-0.3, -0.25) is 4.98 Å². The molecule has 1 unspecified atom stereocenters. The largest absolute Gasteiger partial charge is 0.444 e. The van der Waals surface area contributed by atoms with Crippen molar-refractivity contribution in [1.29, 1.82) is 0 Å². The number of nitrogens with zero attached hydrogens (tertiary/aromatic N) is 1. The third-order valence-corrected chi connectivity index (χ3v) is 3.28. The highest BCUT2D eigenvalue weighted by molar-refractivity contribution is 5.84. The highest BCUT2D eigenvalue weighted by atomic mass is 16.6. The third-order valence-electron chi connectivity index (χ3n) is 3.28. The van der Waals surface area contributed by atoms with Crippen LogP contribution in [0.3, 0.4) is 0 Å². The van der Waals surface area contributed by atoms with Crippen molar-refractivity contribution in [1.82, 2.24) is 15.6 Å². The molecule has 2 aromatic rings. The summed E-state index contributed by atoms with van der Waals surface area (Å²) in [7, 11) is 0. The Morgan fingerprint density at radius 1 is 1.26 bits per heavy atom. The molecule has 0 bridgehead atoms. The van der Waals surface area contributed by atoms with E-state index in [9.17, 15) is 4.79 Å². The summed E-state index contributed by atoms with van der Waals surface area (Å²) in [6.45, 7) is 8.85. The van der Waals surface area contributed by atoms with Crippen LogP contribution in [0.15, 0.2) is 36.7 Å². The molecule has 2 rings (SSSR count). The zero-order valence-corrected chi connectivity index (χ0v) is 14.2. The van der Waals surface area contributed by atoms with E-state index in [1.54, 1.807) is 0 Å². The number of benzene rings is 1. The summed E-state index contributed by atoms with van der Waals surface area (Å²) in [6, 6.07) is 8.16. The van der Waals surface area contributed by atoms with Crippen LogP contribution in [0.1, 0.15) is 33.3 Å². The fraction of sp³-hybridized carbons (Fsp3) is 0.444. The van der Waals surface area contributed by atoms with E-state index >= 15 is 0 Å². The number of pyridine rings is 1. The molecule has 0 saturated heterocycles. The second kappa shape index (κ2) is 7.42. The number of carbonyl (C=O) groups is 1. The van der Waals surface area contributed by atoms with Crippen molar-refractivity contribution in [2.24, 2.45) is 0 Å². The van der Waals surface area contributed by atoms with Crippen molar-refractivity contribution in [3.05, 3.63) is 42.2 Å². The summed E-state index contributed by atoms with van der Waals surface area (Å²) in [5.74, 6) is 0. The van der Waals surface area contributed by atoms with Gasteiger partial charge in [-0.15, -0.1) is 0 Å². The van der Waals surface area contributed by atoms with Gasteiger partial charge in [-0.25, -0.2) is 4.79 Å². The fourth-order valence-electron chi connectivity index (χ4n) is 2.30. The summed E-state index contributed by atoms with van der Waals surface area (Å²) in [4.78, 5) is 16.0. The Morgan fingerprint density at radius 2 is 2.00 bits per heavy atom. The van der Waals surface area contributed by atoms with Gasteiger partial charge in [-0.2, -0.15) is 0 Å². The lowest BCUT2D eigenvalue weighted by molar-refractivity contribution is 0.0508. The molecule has 0 aliphatic carbocycles. The van der Waals surface area contributed by atoms with Crippen LogP contribution in [0.4, 0.5) is 4.79 Å². The molecule has 1 aromatic heterocycles. The summed E-state index contributed by atoms with van der Waals surface area (Å²) in [6.07, 6.45) is 3.35. The zero-order chi connectivity index (χ0) is 16.9. The summed E-state index contributed by atoms with van der Waals surface area (Å²) >= 11 is 0. The molecular weight excluding hydrogens is 290 g/mol. The molecule has 1 aromatic carbocycles. The molecule has 124 valence electrons. The van der Waals surface area contributed by atoms with Crippen LogP contribution in [-0.2, 0) is 11.3 Å². The predicted molar refractivity (Wildman–Crippen MR) is 92.3 cm³/mol. The Kier molecular flexibility index (Phi) is 5.55. The summed E-state index contributed by atoms with van der Waals surface area (Å²) < 4.78 is 5.24. The van der Waals surface area contributed by atoms with Crippen molar-refractivity contribution in [3.63, 3.8) is 0 Å². The van der Waals surface area contributed by atoms with Crippen LogP contribution >= 0.6 is 0 Å². The zero-order valence-electron chi connectivity index (χ0n) is 14.2. The molecule has 0 aliphatic rings. The average Bonchev–Trinajstić information content (AvgIpc) is 2.45. The van der Waals surface area contributed by atoms with Crippen molar-refractivity contribution in [2.45, 2.75) is 45.9 Å². The van der Waals surface area contributed by atoms with E-state index in [4.69, 9.17) is 4.74 Å². The van der Waals surface area contributed by atoms with E-state index < -0.39 is 11.7 Å². The second-order valence-electron chi connectivity index (χ2n) is 6.70. The van der Waals surface area contributed by atoms with Gasteiger partial charge < -0.3 is 15.4 Å². The number of ether oxygens (including phenoxy) is 1. The third kappa shape index (κ3) is 5.53. The van der Waals surface area contributed by atoms with Gasteiger partial charge >= 0.3 is 6.09 Å². The highest BCUT2D eigenvalue weighted by Crippen LogP contribution is 2.16. The second-order valence-corrected chi connectivity index (χ2v) is 6.70. The quantitative estimate of drug-likeness (QED) is 0.889. The topological polar surface area (TPSA) is 63.2 Å². The van der Waals surface area contributed by atoms with Crippen molar-refractivity contribution in [2.75, 3.05) is 6.54 Å². The van der Waals surface area contributed by atoms with E-state index in [1.807, 2.05) is 52.2 Å². The van der Waals surface area contributed by atoms with Crippen LogP contribution in [-0.4, -0.2) is 29.3 Å². The van der Waals surface area contributed by atoms with Gasteiger partial charge in [0.2, 0.25) is 0 Å². The molecule has 0 fully saturated rings. The highest BCUT2D eigenvalue weighted by Gasteiger charge is 2.17. The molecular formula is C18H25N3O2. The van der Waals surface area contributed by atoms with Crippen LogP contribution in [0.2, 0.25) is 0 Å². The first-order valence-corrected chi connectivity index (χ1v) is 7.87. The number of carbonyl (C=O) groups excluding carboxylic acids is 1. The standard InChI is InChI=1S/C18H25N3O2/c1-13(21-17(22)23-18(2,3)4)9-19-11-15-12-20-10-14-7-5-6-8-16(14)15/h5-8,10,12-13,19H,9,11H2,1-4H3,(H,21,22). The lowest BCUT2D eigenvalue weighted by atomic mass is 10.1. The number of rotatable bonds is 5. The molecule has 1 amide bonds. The lowest BCUT2D eigenvalue weighted by Gasteiger charge is -2.22. The van der Waals surface area contributed by atoms with Crippen molar-refractivity contribution < 1.29 is 9.53 Å². The average molecular weight is 315 g/mol. The smallest absolute Gasteiger partial charge is 0.407 e. The number of alkyl carbamates (subject to hydrolysis) is 1. The van der Waals surface area contributed by atoms with Gasteiger partial charge in [0.25, 0.3) is 0 Å². The molecule has 0 radical (unpaired) electrons. The van der Waals surface area contributed by atoms with Crippen LogP contribution in [0.5, 0.6) is 0 Å². The minimum absolute atomic E-state index is 0.0206. The number of nitrogens with one attached hydrogen (secondary N) is 2. The first-order valence-electron chi connectivity index (χ1n) is 7.87. The first-order chi connectivity index (χ1) is 10.8. The number of fused-ring (bicyclic) bond motifs is 1. The van der Waals surface area contributed by atoms with Crippen LogP contribution in [0, 0.1) is 0 Å². The maximum atomic E-state index is 11.7. The maximum absolute atomic E-state index is 11.7. The van der Waals surface area contributed by atoms with Gasteiger partial charge in [0, 0.05) is 36.9 Å². The molecule has 0 saturated carbocycles. The molecule has 5 heteroatoms. The van der Waals surface area contributed by atoms with Gasteiger partial charge in [0.05, 0.1) is 0 Å². The molecule has 0 aliphatic heterocycles. The Labute approximate surface area is 137 Å². The van der Waals surface area contributed by atoms with Crippen molar-refractivity contribution >= 4 is 16.9 Å². The molecule has 1 atom stereocenters. The van der Waals surface area contributed by atoms with Gasteiger partial charge in [0.15, 0.2) is 0 Å². The van der Waals surface area contributed by atoms with Gasteiger partial charge in [-0.05, 0) is 38.6 Å². The molecule has 1 heterocycles. The minimum Gasteiger partial charge on any atom is -0.444 e. The number of hydrogen-bond donors (Lipinski definition) is 2. The molecule has 23 heavy (non-hydrogen) atoms. The van der Waals surface area contributed by atoms with E-state index in [1.165, 1.54) is 5.39 Å². The van der Waals surface area contributed by atoms with Crippen molar-refractivity contribution in [3.8, 4) is 0 Å². The Balaban J connectivity index is 1.83. The monoisotopic (exact) mass is 315 g/mol. The number of amides is 1.